The monoisotopic (exact) mass is 521 g/mol. The number of hydrogen-bond donors (Lipinski definition) is 0. The lowest BCUT2D eigenvalue weighted by atomic mass is 9.46. The number of benzene rings is 1. The normalized spacial score (nSPS) is 37.3. The van der Waals surface area contributed by atoms with Crippen molar-refractivity contribution in [2.75, 3.05) is 0 Å². The summed E-state index contributed by atoms with van der Waals surface area (Å²) in [6.07, 6.45) is 9.96. The van der Waals surface area contributed by atoms with E-state index >= 15 is 0 Å². The Morgan fingerprint density at radius 3 is 2.42 bits per heavy atom. The van der Waals surface area contributed by atoms with Crippen LogP contribution in [0, 0.1) is 56.5 Å². The van der Waals surface area contributed by atoms with Crippen LogP contribution in [-0.2, 0) is 4.74 Å². The molecule has 1 aromatic rings. The second-order valence-corrected chi connectivity index (χ2v) is 14.0. The topological polar surface area (TPSA) is 69.4 Å². The number of allylic oxidation sites excluding steroid dienone is 1. The van der Waals surface area contributed by atoms with Gasteiger partial charge in [0.2, 0.25) is 5.70 Å². The standard InChI is InChI=1S/C33H47NO4/c1-21(2)11-12-22(3)26-13-14-27-25-20-30(34(36)37)29-19-24(38-31(35)23-9-7-6-8-10-23)15-17-33(29,5)28(25)16-18-32(26,27)4/h6-10,21-22,24-28H,11-20H2,1-5H3/t22-,24+,25-,26+,27-,28-,32+,33+/m0/s1. The number of fused-ring (bicyclic) bond motifs is 5. The van der Waals surface area contributed by atoms with Crippen molar-refractivity contribution in [3.63, 3.8) is 0 Å². The maximum Gasteiger partial charge on any atom is 0.338 e. The molecule has 0 amide bonds. The number of carbonyl (C=O) groups excluding carboxylic acids is 1. The summed E-state index contributed by atoms with van der Waals surface area (Å²) in [7, 11) is 0. The van der Waals surface area contributed by atoms with Gasteiger partial charge in [-0.15, -0.1) is 0 Å². The maximum atomic E-state index is 12.8. The third-order valence-electron chi connectivity index (χ3n) is 11.6. The van der Waals surface area contributed by atoms with Crippen LogP contribution >= 0.6 is 0 Å². The van der Waals surface area contributed by atoms with E-state index in [2.05, 4.69) is 34.6 Å². The first-order chi connectivity index (χ1) is 18.0. The van der Waals surface area contributed by atoms with Gasteiger partial charge in [-0.2, -0.15) is 0 Å². The molecule has 1 aromatic carbocycles. The van der Waals surface area contributed by atoms with Crippen molar-refractivity contribution >= 4 is 5.97 Å². The smallest absolute Gasteiger partial charge is 0.338 e. The van der Waals surface area contributed by atoms with Gasteiger partial charge in [0, 0.05) is 18.4 Å². The molecule has 5 heteroatoms. The van der Waals surface area contributed by atoms with Gasteiger partial charge in [-0.25, -0.2) is 4.79 Å². The van der Waals surface area contributed by atoms with Crippen LogP contribution in [0.5, 0.6) is 0 Å². The number of rotatable bonds is 7. The summed E-state index contributed by atoms with van der Waals surface area (Å²) < 4.78 is 5.91. The average Bonchev–Trinajstić information content (AvgIpc) is 3.25. The van der Waals surface area contributed by atoms with Gasteiger partial charge >= 0.3 is 5.97 Å². The third-order valence-corrected chi connectivity index (χ3v) is 11.6. The van der Waals surface area contributed by atoms with Crippen molar-refractivity contribution in [1.29, 1.82) is 0 Å². The van der Waals surface area contributed by atoms with E-state index in [-0.39, 0.29) is 22.4 Å². The number of esters is 1. The molecule has 0 unspecified atom stereocenters. The Bertz CT molecular complexity index is 1080. The zero-order valence-electron chi connectivity index (χ0n) is 24.1. The van der Waals surface area contributed by atoms with Gasteiger partial charge in [0.05, 0.1) is 10.5 Å². The van der Waals surface area contributed by atoms with Gasteiger partial charge in [0.25, 0.3) is 0 Å². The molecule has 8 atom stereocenters. The van der Waals surface area contributed by atoms with Crippen molar-refractivity contribution < 1.29 is 14.5 Å². The lowest BCUT2D eigenvalue weighted by molar-refractivity contribution is -0.434. The molecule has 5 nitrogen and oxygen atoms in total. The minimum absolute atomic E-state index is 0.0885. The molecule has 0 saturated heterocycles. The molecule has 0 aliphatic heterocycles. The molecule has 0 N–H and O–H groups in total. The van der Waals surface area contributed by atoms with E-state index in [1.807, 2.05) is 18.2 Å². The lowest BCUT2D eigenvalue weighted by Crippen LogP contribution is -2.52. The molecule has 0 radical (unpaired) electrons. The molecule has 0 heterocycles. The van der Waals surface area contributed by atoms with Gasteiger partial charge in [0.15, 0.2) is 0 Å². The highest BCUT2D eigenvalue weighted by Gasteiger charge is 2.62. The first-order valence-electron chi connectivity index (χ1n) is 15.2. The zero-order valence-corrected chi connectivity index (χ0v) is 24.1. The van der Waals surface area contributed by atoms with E-state index in [4.69, 9.17) is 4.74 Å². The first-order valence-corrected chi connectivity index (χ1v) is 15.2. The maximum absolute atomic E-state index is 12.8. The summed E-state index contributed by atoms with van der Waals surface area (Å²) in [6.45, 7) is 11.9. The Hall–Kier alpha value is -2.17. The highest BCUT2D eigenvalue weighted by Crippen LogP contribution is 2.68. The molecule has 208 valence electrons. The molecule has 0 spiro atoms. The minimum Gasteiger partial charge on any atom is -0.458 e. The van der Waals surface area contributed by atoms with Gasteiger partial charge in [-0.3, -0.25) is 10.1 Å². The number of hydrogen-bond acceptors (Lipinski definition) is 4. The summed E-state index contributed by atoms with van der Waals surface area (Å²) in [5.41, 5.74) is 2.09. The van der Waals surface area contributed by atoms with Crippen molar-refractivity contribution in [1.82, 2.24) is 0 Å². The Kier molecular flexibility index (Phi) is 7.52. The molecule has 38 heavy (non-hydrogen) atoms. The van der Waals surface area contributed by atoms with Crippen LogP contribution in [0.25, 0.3) is 0 Å². The van der Waals surface area contributed by atoms with Crippen LogP contribution < -0.4 is 0 Å². The van der Waals surface area contributed by atoms with Crippen LogP contribution in [0.2, 0.25) is 0 Å². The lowest BCUT2D eigenvalue weighted by Gasteiger charge is -2.58. The van der Waals surface area contributed by atoms with Crippen molar-refractivity contribution in [3.05, 3.63) is 57.3 Å². The SMILES string of the molecule is CC(C)CC[C@H](C)[C@H]1CC[C@H]2[C@@H]3CC([N+](=O)[O-])=C4C[C@H](OC(=O)c5ccccc5)CC[C@]4(C)[C@H]3CC[C@]12C. The summed E-state index contributed by atoms with van der Waals surface area (Å²) in [4.78, 5) is 25.2. The predicted octanol–water partition coefficient (Wildman–Crippen LogP) is 8.47. The van der Waals surface area contributed by atoms with E-state index in [1.165, 1.54) is 38.5 Å². The van der Waals surface area contributed by atoms with E-state index in [0.717, 1.165) is 36.2 Å². The zero-order chi connectivity index (χ0) is 27.2. The van der Waals surface area contributed by atoms with Gasteiger partial charge in [-0.05, 0) is 97.0 Å². The molecular weight excluding hydrogens is 474 g/mol. The summed E-state index contributed by atoms with van der Waals surface area (Å²) >= 11 is 0. The molecule has 5 rings (SSSR count). The summed E-state index contributed by atoms with van der Waals surface area (Å²) in [5, 5.41) is 12.5. The Balaban J connectivity index is 1.38. The van der Waals surface area contributed by atoms with Gasteiger partial charge < -0.3 is 4.74 Å². The number of nitrogens with zero attached hydrogens (tertiary/aromatic N) is 1. The predicted molar refractivity (Wildman–Crippen MR) is 150 cm³/mol. The van der Waals surface area contributed by atoms with Gasteiger partial charge in [-0.1, -0.05) is 65.7 Å². The second kappa shape index (κ2) is 10.4. The molecule has 4 aliphatic carbocycles. The number of ether oxygens (including phenoxy) is 1. The van der Waals surface area contributed by atoms with E-state index in [0.29, 0.717) is 47.3 Å². The molecule has 0 bridgehead atoms. The highest BCUT2D eigenvalue weighted by molar-refractivity contribution is 5.89. The molecular formula is C33H47NO4. The van der Waals surface area contributed by atoms with E-state index in [1.54, 1.807) is 12.1 Å². The van der Waals surface area contributed by atoms with E-state index < -0.39 is 0 Å². The fourth-order valence-corrected chi connectivity index (χ4v) is 9.59. The Labute approximate surface area is 228 Å². The van der Waals surface area contributed by atoms with Crippen LogP contribution in [0.3, 0.4) is 0 Å². The summed E-state index contributed by atoms with van der Waals surface area (Å²) in [6, 6.07) is 9.07. The summed E-state index contributed by atoms with van der Waals surface area (Å²) in [5.74, 6) is 3.34. The number of carbonyl (C=O) groups is 1. The molecule has 0 aromatic heterocycles. The molecule has 4 aliphatic rings. The quantitative estimate of drug-likeness (QED) is 0.205. The van der Waals surface area contributed by atoms with Gasteiger partial charge in [0.1, 0.15) is 6.10 Å². The number of nitro groups is 1. The second-order valence-electron chi connectivity index (χ2n) is 14.0. The Morgan fingerprint density at radius 2 is 1.74 bits per heavy atom. The largest absolute Gasteiger partial charge is 0.458 e. The van der Waals surface area contributed by atoms with Crippen molar-refractivity contribution in [3.8, 4) is 0 Å². The average molecular weight is 522 g/mol. The van der Waals surface area contributed by atoms with Crippen LogP contribution in [0.1, 0.15) is 109 Å². The molecule has 3 fully saturated rings. The Morgan fingerprint density at radius 1 is 1.00 bits per heavy atom. The van der Waals surface area contributed by atoms with Crippen molar-refractivity contribution in [2.45, 2.75) is 105 Å². The molecule has 3 saturated carbocycles. The van der Waals surface area contributed by atoms with Crippen LogP contribution in [-0.4, -0.2) is 17.0 Å². The van der Waals surface area contributed by atoms with Crippen LogP contribution in [0.4, 0.5) is 0 Å². The highest BCUT2D eigenvalue weighted by atomic mass is 16.6. The van der Waals surface area contributed by atoms with Crippen LogP contribution in [0.15, 0.2) is 41.6 Å². The third kappa shape index (κ3) is 4.73. The minimum atomic E-state index is -0.326. The van der Waals surface area contributed by atoms with Crippen molar-refractivity contribution in [2.24, 2.45) is 46.3 Å². The van der Waals surface area contributed by atoms with E-state index in [9.17, 15) is 14.9 Å². The fourth-order valence-electron chi connectivity index (χ4n) is 9.59. The fraction of sp³-hybridized carbons (Fsp3) is 0.727. The first kappa shape index (κ1) is 27.4.